The number of carbonyl (C=O) groups is 2. The summed E-state index contributed by atoms with van der Waals surface area (Å²) in [6.07, 6.45) is 3.98. The number of rotatable bonds is 7. The molecule has 0 radical (unpaired) electrons. The highest BCUT2D eigenvalue weighted by atomic mass is 16.5. The molecule has 1 aromatic carbocycles. The first-order chi connectivity index (χ1) is 15.5. The van der Waals surface area contributed by atoms with E-state index in [2.05, 4.69) is 5.32 Å². The molecule has 8 nitrogen and oxygen atoms in total. The summed E-state index contributed by atoms with van der Waals surface area (Å²) in [6.45, 7) is 5.04. The highest BCUT2D eigenvalue weighted by Gasteiger charge is 2.39. The minimum atomic E-state index is -0.373. The molecule has 1 spiro atoms. The molecule has 1 saturated heterocycles. The molecule has 0 bridgehead atoms. The Balaban J connectivity index is 1.44. The van der Waals surface area contributed by atoms with Crippen LogP contribution in [-0.2, 0) is 28.9 Å². The Bertz CT molecular complexity index is 978. The van der Waals surface area contributed by atoms with Gasteiger partial charge in [0.25, 0.3) is 5.91 Å². The van der Waals surface area contributed by atoms with Crippen LogP contribution in [0, 0.1) is 5.41 Å². The van der Waals surface area contributed by atoms with Crippen LogP contribution in [0.5, 0.6) is 5.75 Å². The number of amides is 1. The van der Waals surface area contributed by atoms with Crippen molar-refractivity contribution >= 4 is 11.9 Å². The number of fused-ring (bicyclic) bond motifs is 1. The predicted molar refractivity (Wildman–Crippen MR) is 118 cm³/mol. The van der Waals surface area contributed by atoms with Gasteiger partial charge in [-0.15, -0.1) is 0 Å². The number of hydrogen-bond acceptors (Lipinski definition) is 6. The Hall–Kier alpha value is -2.87. The van der Waals surface area contributed by atoms with Gasteiger partial charge in [0.05, 0.1) is 25.0 Å². The molecule has 0 saturated carbocycles. The number of aryl methyl sites for hydroxylation is 2. The minimum Gasteiger partial charge on any atom is -0.497 e. The number of benzene rings is 1. The molecule has 1 N–H and O–H groups in total. The van der Waals surface area contributed by atoms with Crippen molar-refractivity contribution in [3.05, 3.63) is 46.8 Å². The third-order valence-corrected chi connectivity index (χ3v) is 6.47. The van der Waals surface area contributed by atoms with Crippen LogP contribution in [0.1, 0.15) is 58.3 Å². The average Bonchev–Trinajstić information content (AvgIpc) is 3.10. The standard InChI is InChI=1S/C24H31N3O5/c1-3-27-21-19(15-24(16-25-22(21)28)9-12-31-13-10-24)20(26-27)8-5-11-32-23(29)17-6-4-7-18(14-17)30-2/h4,6-7,14H,3,5,8-13,15-16H2,1-2H3,(H,25,28). The van der Waals surface area contributed by atoms with Gasteiger partial charge in [0.1, 0.15) is 11.4 Å². The SMILES string of the molecule is CCn1nc(CCCOC(=O)c2cccc(OC)c2)c2c1C(=O)NCC1(CCOCC1)C2. The quantitative estimate of drug-likeness (QED) is 0.525. The van der Waals surface area contributed by atoms with Crippen molar-refractivity contribution in [2.75, 3.05) is 33.5 Å². The second-order valence-corrected chi connectivity index (χ2v) is 8.53. The lowest BCUT2D eigenvalue weighted by Gasteiger charge is -2.36. The molecule has 0 unspecified atom stereocenters. The summed E-state index contributed by atoms with van der Waals surface area (Å²) in [5.41, 5.74) is 3.14. The lowest BCUT2D eigenvalue weighted by molar-refractivity contribution is 0.0160. The van der Waals surface area contributed by atoms with Gasteiger partial charge in [-0.3, -0.25) is 9.48 Å². The number of methoxy groups -OCH3 is 1. The Morgan fingerprint density at radius 1 is 1.31 bits per heavy atom. The Kier molecular flexibility index (Phi) is 6.79. The van der Waals surface area contributed by atoms with Crippen molar-refractivity contribution in [3.63, 3.8) is 0 Å². The first kappa shape index (κ1) is 22.3. The molecule has 2 aliphatic heterocycles. The molecule has 0 aliphatic carbocycles. The summed E-state index contributed by atoms with van der Waals surface area (Å²) in [6, 6.07) is 6.92. The third kappa shape index (κ3) is 4.65. The van der Waals surface area contributed by atoms with Crippen LogP contribution < -0.4 is 10.1 Å². The van der Waals surface area contributed by atoms with Gasteiger partial charge in [-0.1, -0.05) is 6.07 Å². The topological polar surface area (TPSA) is 91.7 Å². The number of aromatic nitrogens is 2. The maximum atomic E-state index is 12.9. The molecule has 0 atom stereocenters. The Morgan fingerprint density at radius 3 is 2.88 bits per heavy atom. The molecule has 8 heteroatoms. The highest BCUT2D eigenvalue weighted by Crippen LogP contribution is 2.37. The molecule has 32 heavy (non-hydrogen) atoms. The molecule has 1 aromatic heterocycles. The molecule has 2 aromatic rings. The van der Waals surface area contributed by atoms with E-state index in [1.54, 1.807) is 36.1 Å². The Labute approximate surface area is 188 Å². The van der Waals surface area contributed by atoms with Gasteiger partial charge in [-0.2, -0.15) is 5.10 Å². The second kappa shape index (κ2) is 9.73. The van der Waals surface area contributed by atoms with Gasteiger partial charge >= 0.3 is 5.97 Å². The summed E-state index contributed by atoms with van der Waals surface area (Å²) in [4.78, 5) is 25.2. The summed E-state index contributed by atoms with van der Waals surface area (Å²) >= 11 is 0. The first-order valence-electron chi connectivity index (χ1n) is 11.3. The molecular weight excluding hydrogens is 410 g/mol. The van der Waals surface area contributed by atoms with Gasteiger partial charge in [-0.05, 0) is 62.6 Å². The van der Waals surface area contributed by atoms with Crippen molar-refractivity contribution in [3.8, 4) is 5.75 Å². The zero-order chi connectivity index (χ0) is 22.6. The molecule has 2 aliphatic rings. The van der Waals surface area contributed by atoms with Crippen molar-refractivity contribution in [2.24, 2.45) is 5.41 Å². The van der Waals surface area contributed by atoms with Crippen LogP contribution in [0.2, 0.25) is 0 Å². The lowest BCUT2D eigenvalue weighted by atomic mass is 9.75. The molecule has 4 rings (SSSR count). The van der Waals surface area contributed by atoms with Crippen LogP contribution in [-0.4, -0.2) is 55.1 Å². The largest absolute Gasteiger partial charge is 0.497 e. The number of nitrogens with one attached hydrogen (secondary N) is 1. The number of ether oxygens (including phenoxy) is 3. The van der Waals surface area contributed by atoms with Crippen molar-refractivity contribution < 1.29 is 23.8 Å². The molecule has 3 heterocycles. The zero-order valence-electron chi connectivity index (χ0n) is 18.8. The lowest BCUT2D eigenvalue weighted by Crippen LogP contribution is -2.40. The highest BCUT2D eigenvalue weighted by molar-refractivity contribution is 5.94. The van der Waals surface area contributed by atoms with Crippen molar-refractivity contribution in [2.45, 2.75) is 45.6 Å². The fraction of sp³-hybridized carbons (Fsp3) is 0.542. The van der Waals surface area contributed by atoms with E-state index in [4.69, 9.17) is 19.3 Å². The van der Waals surface area contributed by atoms with E-state index in [1.165, 1.54) is 0 Å². The predicted octanol–water partition coefficient (Wildman–Crippen LogP) is 2.78. The van der Waals surface area contributed by atoms with Gasteiger partial charge in [0, 0.05) is 31.9 Å². The van der Waals surface area contributed by atoms with Crippen LogP contribution in [0.25, 0.3) is 0 Å². The van der Waals surface area contributed by atoms with Crippen molar-refractivity contribution in [1.82, 2.24) is 15.1 Å². The third-order valence-electron chi connectivity index (χ3n) is 6.47. The number of esters is 1. The average molecular weight is 442 g/mol. The van der Waals surface area contributed by atoms with E-state index < -0.39 is 0 Å². The van der Waals surface area contributed by atoms with Gasteiger partial charge in [-0.25, -0.2) is 4.79 Å². The van der Waals surface area contributed by atoms with E-state index in [0.29, 0.717) is 42.9 Å². The van der Waals surface area contributed by atoms with E-state index in [-0.39, 0.29) is 23.9 Å². The van der Waals surface area contributed by atoms with Crippen molar-refractivity contribution in [1.29, 1.82) is 0 Å². The van der Waals surface area contributed by atoms with E-state index in [9.17, 15) is 9.59 Å². The van der Waals surface area contributed by atoms with Crippen LogP contribution in [0.3, 0.4) is 0 Å². The normalized spacial score (nSPS) is 17.4. The summed E-state index contributed by atoms with van der Waals surface area (Å²) in [7, 11) is 1.56. The van der Waals surface area contributed by atoms with Crippen LogP contribution >= 0.6 is 0 Å². The Morgan fingerprint density at radius 2 is 2.12 bits per heavy atom. The summed E-state index contributed by atoms with van der Waals surface area (Å²) in [5, 5.41) is 7.87. The molecule has 172 valence electrons. The summed E-state index contributed by atoms with van der Waals surface area (Å²) < 4.78 is 18.0. The number of carbonyl (C=O) groups excluding carboxylic acids is 2. The summed E-state index contributed by atoms with van der Waals surface area (Å²) in [5.74, 6) is 0.198. The maximum Gasteiger partial charge on any atom is 0.338 e. The van der Waals surface area contributed by atoms with E-state index in [0.717, 1.165) is 43.7 Å². The van der Waals surface area contributed by atoms with E-state index in [1.807, 2.05) is 6.92 Å². The maximum absolute atomic E-state index is 12.9. The number of hydrogen-bond donors (Lipinski definition) is 1. The second-order valence-electron chi connectivity index (χ2n) is 8.53. The number of nitrogens with zero attached hydrogens (tertiary/aromatic N) is 2. The monoisotopic (exact) mass is 441 g/mol. The molecule has 1 amide bonds. The van der Waals surface area contributed by atoms with Gasteiger partial charge in [0.2, 0.25) is 0 Å². The fourth-order valence-corrected chi connectivity index (χ4v) is 4.60. The van der Waals surface area contributed by atoms with Gasteiger partial charge in [0.15, 0.2) is 0 Å². The minimum absolute atomic E-state index is 0.0222. The van der Waals surface area contributed by atoms with E-state index >= 15 is 0 Å². The van der Waals surface area contributed by atoms with Crippen LogP contribution in [0.4, 0.5) is 0 Å². The fourth-order valence-electron chi connectivity index (χ4n) is 4.60. The molecular formula is C24H31N3O5. The smallest absolute Gasteiger partial charge is 0.338 e. The zero-order valence-corrected chi connectivity index (χ0v) is 18.8. The van der Waals surface area contributed by atoms with Gasteiger partial charge < -0.3 is 19.5 Å². The van der Waals surface area contributed by atoms with Crippen LogP contribution in [0.15, 0.2) is 24.3 Å². The first-order valence-corrected chi connectivity index (χ1v) is 11.3. The molecule has 1 fully saturated rings.